The zero-order chi connectivity index (χ0) is 11.4. The molecule has 86 valence electrons. The largest absolute Gasteiger partial charge is 0.447 e. The summed E-state index contributed by atoms with van der Waals surface area (Å²) in [5.41, 5.74) is 0. The van der Waals surface area contributed by atoms with Gasteiger partial charge in [0.25, 0.3) is 0 Å². The molecule has 1 heterocycles. The third kappa shape index (κ3) is 3.42. The molecule has 0 aromatic carbocycles. The highest BCUT2D eigenvalue weighted by molar-refractivity contribution is 5.82. The topological polar surface area (TPSA) is 49.9 Å². The molecule has 0 saturated carbocycles. The van der Waals surface area contributed by atoms with E-state index in [2.05, 4.69) is 0 Å². The van der Waals surface area contributed by atoms with Crippen LogP contribution < -0.4 is 0 Å². The van der Waals surface area contributed by atoms with Crippen molar-refractivity contribution in [2.24, 2.45) is 0 Å². The highest BCUT2D eigenvalue weighted by Crippen LogP contribution is 2.05. The number of nitrogens with zero attached hydrogens (tertiary/aromatic N) is 2. The van der Waals surface area contributed by atoms with Gasteiger partial charge in [-0.2, -0.15) is 0 Å². The van der Waals surface area contributed by atoms with Crippen molar-refractivity contribution in [3.63, 3.8) is 0 Å². The third-order valence-corrected chi connectivity index (χ3v) is 2.27. The number of hydrogen-bond acceptors (Lipinski definition) is 3. The van der Waals surface area contributed by atoms with E-state index in [-0.39, 0.29) is 18.6 Å². The zero-order valence-electron chi connectivity index (χ0n) is 9.52. The second kappa shape index (κ2) is 5.00. The molecule has 1 aliphatic heterocycles. The van der Waals surface area contributed by atoms with Crippen molar-refractivity contribution in [3.05, 3.63) is 0 Å². The summed E-state index contributed by atoms with van der Waals surface area (Å²) in [7, 11) is 1.75. The van der Waals surface area contributed by atoms with Crippen LogP contribution in [-0.4, -0.2) is 54.6 Å². The summed E-state index contributed by atoms with van der Waals surface area (Å²) in [6.07, 6.45) is 0.261. The minimum Gasteiger partial charge on any atom is -0.447 e. The predicted octanol–water partition coefficient (Wildman–Crippen LogP) is 0.696. The molecule has 0 aliphatic carbocycles. The second-order valence-corrected chi connectivity index (χ2v) is 4.02. The Bertz CT molecular complexity index is 253. The lowest BCUT2D eigenvalue weighted by Crippen LogP contribution is -2.39. The van der Waals surface area contributed by atoms with Gasteiger partial charge in [0.2, 0.25) is 5.91 Å². The van der Waals surface area contributed by atoms with Crippen LogP contribution >= 0.6 is 0 Å². The van der Waals surface area contributed by atoms with Crippen molar-refractivity contribution in [2.75, 3.05) is 26.7 Å². The van der Waals surface area contributed by atoms with Crippen LogP contribution in [-0.2, 0) is 9.53 Å². The molecule has 1 rings (SSSR count). The number of carbonyl (C=O) groups is 2. The smallest absolute Gasteiger partial charge is 0.410 e. The van der Waals surface area contributed by atoms with Crippen LogP contribution in [0.1, 0.15) is 20.3 Å². The van der Waals surface area contributed by atoms with E-state index >= 15 is 0 Å². The Balaban J connectivity index is 2.54. The van der Waals surface area contributed by atoms with Gasteiger partial charge in [0.1, 0.15) is 6.54 Å². The lowest BCUT2D eigenvalue weighted by atomic mass is 10.4. The van der Waals surface area contributed by atoms with Gasteiger partial charge in [0.05, 0.1) is 6.10 Å². The Morgan fingerprint density at radius 1 is 1.40 bits per heavy atom. The Kier molecular flexibility index (Phi) is 3.94. The van der Waals surface area contributed by atoms with Gasteiger partial charge in [-0.15, -0.1) is 0 Å². The summed E-state index contributed by atoms with van der Waals surface area (Å²) in [5.74, 6) is -0.0341. The summed E-state index contributed by atoms with van der Waals surface area (Å²) < 4.78 is 5.05. The minimum atomic E-state index is -0.395. The first-order valence-electron chi connectivity index (χ1n) is 5.20. The maximum absolute atomic E-state index is 11.5. The SMILES string of the molecule is CC(C)OC(=O)N1CCCN(C)C(=O)C1. The Hall–Kier alpha value is -1.26. The molecular formula is C10H18N2O3. The number of amides is 2. The average Bonchev–Trinajstić information content (AvgIpc) is 2.28. The molecule has 0 atom stereocenters. The molecule has 15 heavy (non-hydrogen) atoms. The molecule has 5 heteroatoms. The molecule has 0 N–H and O–H groups in total. The van der Waals surface area contributed by atoms with Gasteiger partial charge in [-0.1, -0.05) is 0 Å². The standard InChI is InChI=1S/C10H18N2O3/c1-8(2)15-10(14)12-6-4-5-11(3)9(13)7-12/h8H,4-7H2,1-3H3. The van der Waals surface area contributed by atoms with Crippen LogP contribution in [0.25, 0.3) is 0 Å². The van der Waals surface area contributed by atoms with Crippen LogP contribution in [0.15, 0.2) is 0 Å². The summed E-state index contributed by atoms with van der Waals surface area (Å²) in [6, 6.07) is 0. The lowest BCUT2D eigenvalue weighted by Gasteiger charge is -2.20. The Morgan fingerprint density at radius 2 is 2.07 bits per heavy atom. The molecule has 1 aliphatic rings. The van der Waals surface area contributed by atoms with E-state index in [9.17, 15) is 9.59 Å². The van der Waals surface area contributed by atoms with Gasteiger partial charge in [0, 0.05) is 20.1 Å². The van der Waals surface area contributed by atoms with Gasteiger partial charge >= 0.3 is 6.09 Å². The average molecular weight is 214 g/mol. The van der Waals surface area contributed by atoms with E-state index in [0.717, 1.165) is 6.42 Å². The van der Waals surface area contributed by atoms with Crippen LogP contribution in [0.3, 0.4) is 0 Å². The van der Waals surface area contributed by atoms with Crippen LogP contribution in [0, 0.1) is 0 Å². The molecular weight excluding hydrogens is 196 g/mol. The molecule has 1 saturated heterocycles. The van der Waals surface area contributed by atoms with Gasteiger partial charge < -0.3 is 9.64 Å². The van der Waals surface area contributed by atoms with E-state index in [1.54, 1.807) is 25.8 Å². The van der Waals surface area contributed by atoms with E-state index in [0.29, 0.717) is 13.1 Å². The zero-order valence-corrected chi connectivity index (χ0v) is 9.52. The number of likely N-dealkylation sites (N-methyl/N-ethyl adjacent to an activating group) is 1. The summed E-state index contributed by atoms with van der Waals surface area (Å²) in [4.78, 5) is 26.1. The third-order valence-electron chi connectivity index (χ3n) is 2.27. The molecule has 1 fully saturated rings. The van der Waals surface area contributed by atoms with Gasteiger partial charge in [-0.05, 0) is 20.3 Å². The van der Waals surface area contributed by atoms with Crippen molar-refractivity contribution >= 4 is 12.0 Å². The number of carbonyl (C=O) groups excluding carboxylic acids is 2. The predicted molar refractivity (Wildman–Crippen MR) is 55.4 cm³/mol. The van der Waals surface area contributed by atoms with Gasteiger partial charge in [-0.3, -0.25) is 9.69 Å². The normalized spacial score (nSPS) is 18.0. The van der Waals surface area contributed by atoms with Crippen molar-refractivity contribution in [1.29, 1.82) is 0 Å². The molecule has 0 aromatic heterocycles. The second-order valence-electron chi connectivity index (χ2n) is 4.02. The Morgan fingerprint density at radius 3 is 2.67 bits per heavy atom. The van der Waals surface area contributed by atoms with Crippen LogP contribution in [0.4, 0.5) is 4.79 Å². The molecule has 0 unspecified atom stereocenters. The van der Waals surface area contributed by atoms with Crippen molar-refractivity contribution in [1.82, 2.24) is 9.80 Å². The van der Waals surface area contributed by atoms with Crippen molar-refractivity contribution in [2.45, 2.75) is 26.4 Å². The summed E-state index contributed by atoms with van der Waals surface area (Å²) in [6.45, 7) is 5.00. The highest BCUT2D eigenvalue weighted by atomic mass is 16.6. The van der Waals surface area contributed by atoms with E-state index < -0.39 is 6.09 Å². The van der Waals surface area contributed by atoms with Gasteiger partial charge in [-0.25, -0.2) is 4.79 Å². The van der Waals surface area contributed by atoms with Crippen LogP contribution in [0.2, 0.25) is 0 Å². The van der Waals surface area contributed by atoms with Crippen molar-refractivity contribution in [3.8, 4) is 0 Å². The first kappa shape index (κ1) is 11.8. The number of ether oxygens (including phenoxy) is 1. The molecule has 5 nitrogen and oxygen atoms in total. The monoisotopic (exact) mass is 214 g/mol. The highest BCUT2D eigenvalue weighted by Gasteiger charge is 2.24. The quantitative estimate of drug-likeness (QED) is 0.645. The van der Waals surface area contributed by atoms with Crippen LogP contribution in [0.5, 0.6) is 0 Å². The molecule has 0 aromatic rings. The first-order valence-corrected chi connectivity index (χ1v) is 5.20. The number of rotatable bonds is 1. The maximum Gasteiger partial charge on any atom is 0.410 e. The molecule has 2 amide bonds. The Labute approximate surface area is 90.0 Å². The fourth-order valence-corrected chi connectivity index (χ4v) is 1.42. The summed E-state index contributed by atoms with van der Waals surface area (Å²) in [5, 5.41) is 0. The molecule has 0 spiro atoms. The maximum atomic E-state index is 11.5. The van der Waals surface area contributed by atoms with E-state index in [1.807, 2.05) is 0 Å². The lowest BCUT2D eigenvalue weighted by molar-refractivity contribution is -0.129. The van der Waals surface area contributed by atoms with E-state index in [4.69, 9.17) is 4.74 Å². The first-order chi connectivity index (χ1) is 7.00. The fraction of sp³-hybridized carbons (Fsp3) is 0.800. The molecule has 0 bridgehead atoms. The van der Waals surface area contributed by atoms with Crippen molar-refractivity contribution < 1.29 is 14.3 Å². The van der Waals surface area contributed by atoms with Gasteiger partial charge in [0.15, 0.2) is 0 Å². The van der Waals surface area contributed by atoms with E-state index in [1.165, 1.54) is 4.90 Å². The minimum absolute atomic E-state index is 0.0341. The molecule has 0 radical (unpaired) electrons. The number of hydrogen-bond donors (Lipinski definition) is 0. The fourth-order valence-electron chi connectivity index (χ4n) is 1.42. The summed E-state index contributed by atoms with van der Waals surface area (Å²) >= 11 is 0.